The summed E-state index contributed by atoms with van der Waals surface area (Å²) < 4.78 is 25.4. The summed E-state index contributed by atoms with van der Waals surface area (Å²) in [5, 5.41) is -0.352. The summed E-state index contributed by atoms with van der Waals surface area (Å²) in [5.74, 6) is 0. The van der Waals surface area contributed by atoms with Crippen molar-refractivity contribution < 1.29 is 8.42 Å². The van der Waals surface area contributed by atoms with Crippen LogP contribution < -0.4 is 0 Å². The zero-order valence-corrected chi connectivity index (χ0v) is 13.0. The largest absolute Gasteiger partial charge is 0.223 e. The molecule has 0 saturated heterocycles. The minimum atomic E-state index is -3.25. The maximum absolute atomic E-state index is 12.7. The van der Waals surface area contributed by atoms with Crippen molar-refractivity contribution >= 4 is 9.84 Å². The van der Waals surface area contributed by atoms with E-state index in [2.05, 4.69) is 19.1 Å². The van der Waals surface area contributed by atoms with E-state index in [1.165, 1.54) is 5.57 Å². The highest BCUT2D eigenvalue weighted by atomic mass is 32.2. The van der Waals surface area contributed by atoms with E-state index in [1.54, 1.807) is 12.1 Å². The minimum Gasteiger partial charge on any atom is -0.223 e. The van der Waals surface area contributed by atoms with Gasteiger partial charge in [-0.1, -0.05) is 41.5 Å². The highest BCUT2D eigenvalue weighted by Gasteiger charge is 2.25. The standard InChI is InChI=1S/C17H22O2S/c1-14-6-4-3-5-7-16(11-8-14)20(18,19)17-12-9-15(2)10-13-17/h3,5,8-10,12-13,16H,4,6-7,11H2,1-2H3/b5-3+,14-8-. The second-order valence-electron chi connectivity index (χ2n) is 5.51. The first-order valence-corrected chi connectivity index (χ1v) is 8.66. The molecule has 108 valence electrons. The zero-order valence-electron chi connectivity index (χ0n) is 12.2. The molecular formula is C17H22O2S. The van der Waals surface area contributed by atoms with Crippen molar-refractivity contribution in [2.45, 2.75) is 49.7 Å². The van der Waals surface area contributed by atoms with Gasteiger partial charge in [-0.25, -0.2) is 8.42 Å². The number of hydrogen-bond donors (Lipinski definition) is 0. The Kier molecular flexibility index (Phi) is 4.81. The summed E-state index contributed by atoms with van der Waals surface area (Å²) in [6.07, 6.45) is 9.42. The normalized spacial score (nSPS) is 24.9. The molecule has 1 aromatic rings. The van der Waals surface area contributed by atoms with Gasteiger partial charge >= 0.3 is 0 Å². The van der Waals surface area contributed by atoms with Crippen molar-refractivity contribution in [3.05, 3.63) is 53.6 Å². The SMILES string of the molecule is C/C1=C/CC(S(=O)(=O)c2ccc(C)cc2)C/C=C/CC1. The van der Waals surface area contributed by atoms with E-state index in [0.29, 0.717) is 17.7 Å². The Bertz CT molecular complexity index is 607. The van der Waals surface area contributed by atoms with Crippen LogP contribution in [0.15, 0.2) is 53.0 Å². The summed E-state index contributed by atoms with van der Waals surface area (Å²) in [6, 6.07) is 7.16. The first kappa shape index (κ1) is 15.0. The third-order valence-corrected chi connectivity index (χ3v) is 5.98. The molecule has 0 heterocycles. The Morgan fingerprint density at radius 3 is 2.40 bits per heavy atom. The summed E-state index contributed by atoms with van der Waals surface area (Å²) in [5.41, 5.74) is 2.36. The molecule has 1 aromatic carbocycles. The second-order valence-corrected chi connectivity index (χ2v) is 7.74. The van der Waals surface area contributed by atoms with E-state index in [9.17, 15) is 8.42 Å². The Hall–Kier alpha value is -1.35. The number of aryl methyl sites for hydroxylation is 1. The number of rotatable bonds is 2. The van der Waals surface area contributed by atoms with Crippen molar-refractivity contribution in [1.82, 2.24) is 0 Å². The molecule has 0 aromatic heterocycles. The van der Waals surface area contributed by atoms with E-state index >= 15 is 0 Å². The number of hydrogen-bond acceptors (Lipinski definition) is 2. The molecule has 0 amide bonds. The fourth-order valence-corrected chi connectivity index (χ4v) is 4.00. The van der Waals surface area contributed by atoms with Gasteiger partial charge in [0.2, 0.25) is 0 Å². The maximum Gasteiger partial charge on any atom is 0.181 e. The van der Waals surface area contributed by atoms with Gasteiger partial charge in [-0.3, -0.25) is 0 Å². The van der Waals surface area contributed by atoms with Crippen LogP contribution in [-0.4, -0.2) is 13.7 Å². The molecule has 1 atom stereocenters. The summed E-state index contributed by atoms with van der Waals surface area (Å²) in [6.45, 7) is 4.04. The van der Waals surface area contributed by atoms with E-state index in [1.807, 2.05) is 25.1 Å². The molecule has 2 nitrogen and oxygen atoms in total. The molecule has 0 bridgehead atoms. The lowest BCUT2D eigenvalue weighted by molar-refractivity contribution is 0.578. The van der Waals surface area contributed by atoms with E-state index in [-0.39, 0.29) is 5.25 Å². The molecule has 20 heavy (non-hydrogen) atoms. The van der Waals surface area contributed by atoms with Gasteiger partial charge in [0.15, 0.2) is 9.84 Å². The average molecular weight is 290 g/mol. The molecule has 1 unspecified atom stereocenters. The van der Waals surface area contributed by atoms with Gasteiger partial charge < -0.3 is 0 Å². The molecule has 3 heteroatoms. The molecule has 1 aliphatic rings. The highest BCUT2D eigenvalue weighted by molar-refractivity contribution is 7.92. The summed E-state index contributed by atoms with van der Waals surface area (Å²) >= 11 is 0. The van der Waals surface area contributed by atoms with Crippen LogP contribution in [-0.2, 0) is 9.84 Å². The molecule has 0 radical (unpaired) electrons. The van der Waals surface area contributed by atoms with Gasteiger partial charge in [0.1, 0.15) is 0 Å². The summed E-state index contributed by atoms with van der Waals surface area (Å²) in [7, 11) is -3.25. The van der Waals surface area contributed by atoms with Gasteiger partial charge in [0.05, 0.1) is 10.1 Å². The van der Waals surface area contributed by atoms with Gasteiger partial charge in [0, 0.05) is 0 Å². The zero-order chi connectivity index (χ0) is 14.6. The minimum absolute atomic E-state index is 0.352. The van der Waals surface area contributed by atoms with Crippen LogP contribution in [0.1, 0.15) is 38.2 Å². The van der Waals surface area contributed by atoms with Crippen LogP contribution in [0.5, 0.6) is 0 Å². The molecule has 0 spiro atoms. The Labute approximate surface area is 122 Å². The van der Waals surface area contributed by atoms with Crippen molar-refractivity contribution in [1.29, 1.82) is 0 Å². The van der Waals surface area contributed by atoms with Gasteiger partial charge in [-0.05, 0) is 51.7 Å². The maximum atomic E-state index is 12.7. The van der Waals surface area contributed by atoms with Crippen molar-refractivity contribution in [2.75, 3.05) is 0 Å². The topological polar surface area (TPSA) is 34.1 Å². The predicted molar refractivity (Wildman–Crippen MR) is 83.5 cm³/mol. The van der Waals surface area contributed by atoms with Gasteiger partial charge in [-0.2, -0.15) is 0 Å². The van der Waals surface area contributed by atoms with Crippen LogP contribution in [0.2, 0.25) is 0 Å². The number of benzene rings is 1. The lowest BCUT2D eigenvalue weighted by Gasteiger charge is -2.15. The Morgan fingerprint density at radius 1 is 1.00 bits per heavy atom. The third kappa shape index (κ3) is 3.60. The van der Waals surface area contributed by atoms with Crippen LogP contribution in [0.3, 0.4) is 0 Å². The van der Waals surface area contributed by atoms with E-state index in [0.717, 1.165) is 18.4 Å². The van der Waals surface area contributed by atoms with Gasteiger partial charge in [-0.15, -0.1) is 0 Å². The van der Waals surface area contributed by atoms with Crippen LogP contribution in [0.4, 0.5) is 0 Å². The Morgan fingerprint density at radius 2 is 1.70 bits per heavy atom. The quantitative estimate of drug-likeness (QED) is 0.764. The molecule has 1 aliphatic carbocycles. The van der Waals surface area contributed by atoms with E-state index < -0.39 is 9.84 Å². The lowest BCUT2D eigenvalue weighted by atomic mass is 10.1. The predicted octanol–water partition coefficient (Wildman–Crippen LogP) is 4.21. The highest BCUT2D eigenvalue weighted by Crippen LogP contribution is 2.24. The number of allylic oxidation sites excluding steroid dienone is 4. The third-order valence-electron chi connectivity index (χ3n) is 3.79. The van der Waals surface area contributed by atoms with Crippen LogP contribution in [0.25, 0.3) is 0 Å². The summed E-state index contributed by atoms with van der Waals surface area (Å²) in [4.78, 5) is 0.437. The van der Waals surface area contributed by atoms with Crippen LogP contribution >= 0.6 is 0 Å². The van der Waals surface area contributed by atoms with Crippen molar-refractivity contribution in [2.24, 2.45) is 0 Å². The monoisotopic (exact) mass is 290 g/mol. The average Bonchev–Trinajstić information content (AvgIpc) is 2.51. The molecule has 0 N–H and O–H groups in total. The molecule has 0 aliphatic heterocycles. The fraction of sp³-hybridized carbons (Fsp3) is 0.412. The van der Waals surface area contributed by atoms with Crippen LogP contribution in [0, 0.1) is 6.92 Å². The molecular weight excluding hydrogens is 268 g/mol. The molecule has 2 rings (SSSR count). The van der Waals surface area contributed by atoms with Gasteiger partial charge in [0.25, 0.3) is 0 Å². The first-order valence-electron chi connectivity index (χ1n) is 7.11. The molecule has 0 fully saturated rings. The lowest BCUT2D eigenvalue weighted by Crippen LogP contribution is -2.20. The van der Waals surface area contributed by atoms with E-state index in [4.69, 9.17) is 0 Å². The fourth-order valence-electron chi connectivity index (χ4n) is 2.38. The second kappa shape index (κ2) is 6.40. The van der Waals surface area contributed by atoms with Crippen molar-refractivity contribution in [3.63, 3.8) is 0 Å². The first-order chi connectivity index (χ1) is 9.50. The smallest absolute Gasteiger partial charge is 0.181 e. The Balaban J connectivity index is 2.31. The number of sulfone groups is 1. The van der Waals surface area contributed by atoms with Crippen molar-refractivity contribution in [3.8, 4) is 0 Å². The molecule has 0 saturated carbocycles.